The van der Waals surface area contributed by atoms with Gasteiger partial charge in [-0.05, 0) is 43.7 Å². The van der Waals surface area contributed by atoms with Gasteiger partial charge in [0.2, 0.25) is 0 Å². The minimum absolute atomic E-state index is 0.0902. The first kappa shape index (κ1) is 31.7. The molecule has 0 aromatic heterocycles. The van der Waals surface area contributed by atoms with Crippen molar-refractivity contribution in [3.8, 4) is 17.6 Å². The number of hydrogen-bond acceptors (Lipinski definition) is 3. The zero-order chi connectivity index (χ0) is 26.0. The van der Waals surface area contributed by atoms with E-state index in [2.05, 4.69) is 21.6 Å². The van der Waals surface area contributed by atoms with Crippen molar-refractivity contribution >= 4 is 11.9 Å². The highest BCUT2D eigenvalue weighted by atomic mass is 19.3. The van der Waals surface area contributed by atoms with Crippen LogP contribution in [0.4, 0.5) is 13.2 Å². The topological polar surface area (TPSA) is 67.9 Å². The molecule has 182 valence electrons. The van der Waals surface area contributed by atoms with Crippen LogP contribution in [0.2, 0.25) is 0 Å². The molecule has 0 spiro atoms. The van der Waals surface area contributed by atoms with E-state index >= 15 is 0 Å². The summed E-state index contributed by atoms with van der Waals surface area (Å²) in [6.45, 7) is 8.58. The smallest absolute Gasteiger partial charge is 0.387 e. The molecule has 0 radical (unpaired) electrons. The molecule has 2 rings (SSSR count). The van der Waals surface area contributed by atoms with Crippen LogP contribution in [0.25, 0.3) is 0 Å². The number of alkyl halides is 2. The van der Waals surface area contributed by atoms with Crippen molar-refractivity contribution in [2.24, 2.45) is 10.7 Å². The van der Waals surface area contributed by atoms with Gasteiger partial charge in [0, 0.05) is 19.7 Å². The van der Waals surface area contributed by atoms with Crippen LogP contribution in [0.3, 0.4) is 0 Å². The Labute approximate surface area is 195 Å². The van der Waals surface area contributed by atoms with E-state index in [9.17, 15) is 18.0 Å². The predicted molar refractivity (Wildman–Crippen MR) is 129 cm³/mol. The van der Waals surface area contributed by atoms with Crippen LogP contribution in [0.5, 0.6) is 5.75 Å². The van der Waals surface area contributed by atoms with Gasteiger partial charge in [-0.3, -0.25) is 14.7 Å². The number of ether oxygens (including phenoxy) is 1. The summed E-state index contributed by atoms with van der Waals surface area (Å²) in [5, 5.41) is 0. The van der Waals surface area contributed by atoms with Crippen LogP contribution in [0.15, 0.2) is 47.5 Å². The number of rotatable bonds is 3. The third-order valence-electron chi connectivity index (χ3n) is 3.66. The fourth-order valence-electron chi connectivity index (χ4n) is 2.12. The molecule has 2 aromatic carbocycles. The van der Waals surface area contributed by atoms with Crippen molar-refractivity contribution < 1.29 is 22.7 Å². The largest absolute Gasteiger partial charge is 0.435 e. The quantitative estimate of drug-likeness (QED) is 0.351. The number of guanidine groups is 1. The zero-order valence-corrected chi connectivity index (χ0v) is 20.5. The number of hydrogen-bond donors (Lipinski definition) is 1. The van der Waals surface area contributed by atoms with Gasteiger partial charge in [0.05, 0.1) is 5.56 Å². The molecule has 0 aliphatic carbocycles. The summed E-state index contributed by atoms with van der Waals surface area (Å²) in [7, 11) is 2.98. The van der Waals surface area contributed by atoms with Crippen molar-refractivity contribution in [3.05, 3.63) is 65.0 Å². The molecule has 8 heteroatoms. The fraction of sp³-hybridized carbons (Fsp3) is 0.360. The number of carbonyl (C=O) groups is 1. The molecule has 2 N–H and O–H groups in total. The van der Waals surface area contributed by atoms with Crippen molar-refractivity contribution in [1.82, 2.24) is 4.90 Å². The van der Waals surface area contributed by atoms with Gasteiger partial charge >= 0.3 is 6.61 Å². The SMILES string of the molecule is CC.CC.CC#Cc1cc(C(=O)N(C)C(N)=NC)ccc1F.Cc1ccccc1OC(F)F. The standard InChI is InChI=1S/C13H14FN3O.C8H8F2O.2C2H6/c1-4-5-9-8-10(6-7-11(9)14)12(18)17(3)13(15)16-2;1-6-4-2-3-5-7(6)11-8(9)10;2*1-2/h6-8H,1-3H3,(H2,15,16);2-5,8H,1H3;2*1-2H3. The minimum atomic E-state index is -2.74. The van der Waals surface area contributed by atoms with Gasteiger partial charge in [-0.1, -0.05) is 51.8 Å². The second-order valence-corrected chi connectivity index (χ2v) is 5.66. The number of para-hydroxylation sites is 1. The normalized spacial score (nSPS) is 9.52. The third-order valence-corrected chi connectivity index (χ3v) is 3.66. The molecule has 0 atom stereocenters. The Balaban J connectivity index is 0. The number of carbonyl (C=O) groups excluding carboxylic acids is 1. The summed E-state index contributed by atoms with van der Waals surface area (Å²) in [6.07, 6.45) is 0. The Morgan fingerprint density at radius 3 is 2.18 bits per heavy atom. The number of aliphatic imine (C=N–C) groups is 1. The molecule has 0 aliphatic heterocycles. The summed E-state index contributed by atoms with van der Waals surface area (Å²) >= 11 is 0. The Morgan fingerprint density at radius 1 is 1.12 bits per heavy atom. The highest BCUT2D eigenvalue weighted by Crippen LogP contribution is 2.18. The highest BCUT2D eigenvalue weighted by molar-refractivity contribution is 6.05. The van der Waals surface area contributed by atoms with Crippen molar-refractivity contribution in [2.75, 3.05) is 14.1 Å². The van der Waals surface area contributed by atoms with Gasteiger partial charge in [-0.25, -0.2) is 4.39 Å². The summed E-state index contributed by atoms with van der Waals surface area (Å²) in [5.41, 5.74) is 6.74. The van der Waals surface area contributed by atoms with Crippen LogP contribution in [-0.4, -0.2) is 37.5 Å². The van der Waals surface area contributed by atoms with Crippen LogP contribution in [0, 0.1) is 24.6 Å². The van der Waals surface area contributed by atoms with E-state index in [1.54, 1.807) is 32.0 Å². The third kappa shape index (κ3) is 11.6. The number of halogens is 3. The number of amides is 1. The molecule has 0 heterocycles. The van der Waals surface area contributed by atoms with Crippen LogP contribution in [0.1, 0.15) is 56.1 Å². The molecule has 0 saturated carbocycles. The van der Waals surface area contributed by atoms with Crippen molar-refractivity contribution in [3.63, 3.8) is 0 Å². The maximum absolute atomic E-state index is 13.4. The second kappa shape index (κ2) is 18.1. The summed E-state index contributed by atoms with van der Waals surface area (Å²) in [4.78, 5) is 16.9. The maximum atomic E-state index is 13.4. The van der Waals surface area contributed by atoms with Crippen molar-refractivity contribution in [1.29, 1.82) is 0 Å². The molecular formula is C25H34F3N3O2. The maximum Gasteiger partial charge on any atom is 0.387 e. The minimum Gasteiger partial charge on any atom is -0.435 e. The number of nitrogens with two attached hydrogens (primary N) is 1. The van der Waals surface area contributed by atoms with Gasteiger partial charge in [0.25, 0.3) is 5.91 Å². The fourth-order valence-corrected chi connectivity index (χ4v) is 2.12. The van der Waals surface area contributed by atoms with E-state index < -0.39 is 12.4 Å². The van der Waals surface area contributed by atoms with Gasteiger partial charge in [0.15, 0.2) is 5.96 Å². The molecule has 0 fully saturated rings. The lowest BCUT2D eigenvalue weighted by molar-refractivity contribution is -0.0502. The predicted octanol–water partition coefficient (Wildman–Crippen LogP) is 5.86. The van der Waals surface area contributed by atoms with Crippen LogP contribution in [-0.2, 0) is 0 Å². The number of nitrogens with zero attached hydrogens (tertiary/aromatic N) is 2. The lowest BCUT2D eigenvalue weighted by atomic mass is 10.1. The Kier molecular flexibility index (Phi) is 17.4. The van der Waals surface area contributed by atoms with E-state index in [-0.39, 0.29) is 23.2 Å². The molecule has 0 unspecified atom stereocenters. The van der Waals surface area contributed by atoms with E-state index in [0.717, 1.165) is 0 Å². The summed E-state index contributed by atoms with van der Waals surface area (Å²) < 4.78 is 40.9. The summed E-state index contributed by atoms with van der Waals surface area (Å²) in [6, 6.07) is 10.7. The Morgan fingerprint density at radius 2 is 1.70 bits per heavy atom. The monoisotopic (exact) mass is 465 g/mol. The first-order valence-electron chi connectivity index (χ1n) is 10.4. The van der Waals surface area contributed by atoms with E-state index in [1.807, 2.05) is 27.7 Å². The van der Waals surface area contributed by atoms with Crippen LogP contribution < -0.4 is 10.5 Å². The zero-order valence-electron chi connectivity index (χ0n) is 20.5. The van der Waals surface area contributed by atoms with E-state index in [0.29, 0.717) is 11.1 Å². The summed E-state index contributed by atoms with van der Waals surface area (Å²) in [5.74, 6) is 4.69. The van der Waals surface area contributed by atoms with Crippen LogP contribution >= 0.6 is 0 Å². The molecule has 33 heavy (non-hydrogen) atoms. The van der Waals surface area contributed by atoms with Crippen molar-refractivity contribution in [2.45, 2.75) is 48.2 Å². The molecule has 1 amide bonds. The average Bonchev–Trinajstić information content (AvgIpc) is 2.83. The van der Waals surface area contributed by atoms with E-state index in [4.69, 9.17) is 5.73 Å². The second-order valence-electron chi connectivity index (χ2n) is 5.66. The number of aryl methyl sites for hydroxylation is 1. The molecular weight excluding hydrogens is 431 g/mol. The molecule has 0 bridgehead atoms. The molecule has 0 saturated heterocycles. The number of benzene rings is 2. The molecule has 0 aliphatic rings. The van der Waals surface area contributed by atoms with Gasteiger partial charge in [-0.15, -0.1) is 5.92 Å². The lowest BCUT2D eigenvalue weighted by Crippen LogP contribution is -2.38. The Hall–Kier alpha value is -3.47. The Bertz CT molecular complexity index is 936. The van der Waals surface area contributed by atoms with E-state index in [1.165, 1.54) is 43.3 Å². The molecule has 5 nitrogen and oxygen atoms in total. The van der Waals surface area contributed by atoms with Gasteiger partial charge < -0.3 is 10.5 Å². The van der Waals surface area contributed by atoms with Gasteiger partial charge in [0.1, 0.15) is 11.6 Å². The average molecular weight is 466 g/mol. The first-order chi connectivity index (χ1) is 15.7. The van der Waals surface area contributed by atoms with Gasteiger partial charge in [-0.2, -0.15) is 8.78 Å². The first-order valence-corrected chi connectivity index (χ1v) is 10.4. The highest BCUT2D eigenvalue weighted by Gasteiger charge is 2.15. The lowest BCUT2D eigenvalue weighted by Gasteiger charge is -2.15. The molecule has 2 aromatic rings.